The second-order valence-electron chi connectivity index (χ2n) is 5.53. The van der Waals surface area contributed by atoms with Crippen molar-refractivity contribution in [1.29, 1.82) is 0 Å². The molecule has 0 amide bonds. The molecule has 5 nitrogen and oxygen atoms in total. The number of hydrogen-bond donors (Lipinski definition) is 1. The van der Waals surface area contributed by atoms with Crippen molar-refractivity contribution in [2.75, 3.05) is 0 Å². The summed E-state index contributed by atoms with van der Waals surface area (Å²) in [6.45, 7) is 0. The molecule has 3 heterocycles. The van der Waals surface area contributed by atoms with Crippen molar-refractivity contribution in [3.8, 4) is 11.1 Å². The van der Waals surface area contributed by atoms with E-state index in [2.05, 4.69) is 37.2 Å². The molecule has 4 rings (SSSR count). The highest BCUT2D eigenvalue weighted by Gasteiger charge is 2.16. The van der Waals surface area contributed by atoms with Crippen molar-refractivity contribution in [2.24, 2.45) is 0 Å². The van der Waals surface area contributed by atoms with Gasteiger partial charge in [-0.15, -0.1) is 0 Å². The van der Waals surface area contributed by atoms with Gasteiger partial charge in [-0.25, -0.2) is 0 Å². The smallest absolute Gasteiger partial charge is 0.108 e. The predicted molar refractivity (Wildman–Crippen MR) is 77.2 cm³/mol. The Morgan fingerprint density at radius 1 is 1.05 bits per heavy atom. The second kappa shape index (κ2) is 4.74. The van der Waals surface area contributed by atoms with E-state index in [9.17, 15) is 0 Å². The van der Waals surface area contributed by atoms with E-state index in [1.165, 1.54) is 32.1 Å². The van der Waals surface area contributed by atoms with E-state index in [1.54, 1.807) is 6.20 Å². The van der Waals surface area contributed by atoms with E-state index < -0.39 is 0 Å². The second-order valence-corrected chi connectivity index (χ2v) is 5.53. The van der Waals surface area contributed by atoms with Crippen LogP contribution in [0.3, 0.4) is 0 Å². The Balaban J connectivity index is 1.66. The third-order valence-electron chi connectivity index (χ3n) is 4.17. The summed E-state index contributed by atoms with van der Waals surface area (Å²) in [5, 5.41) is 11.5. The fourth-order valence-electron chi connectivity index (χ4n) is 3.02. The zero-order valence-electron chi connectivity index (χ0n) is 11.3. The first-order valence-electron chi connectivity index (χ1n) is 7.24. The Morgan fingerprint density at radius 2 is 1.95 bits per heavy atom. The molecule has 0 spiro atoms. The summed E-state index contributed by atoms with van der Waals surface area (Å²) >= 11 is 0. The van der Waals surface area contributed by atoms with Crippen LogP contribution in [0.25, 0.3) is 22.2 Å². The minimum atomic E-state index is 0.571. The maximum absolute atomic E-state index is 4.55. The van der Waals surface area contributed by atoms with Crippen molar-refractivity contribution >= 4 is 11.0 Å². The quantitative estimate of drug-likeness (QED) is 0.774. The van der Waals surface area contributed by atoms with Gasteiger partial charge in [-0.1, -0.05) is 19.3 Å². The average molecular weight is 267 g/mol. The molecule has 3 aromatic heterocycles. The lowest BCUT2D eigenvalue weighted by Crippen LogP contribution is -2.12. The Hall–Kier alpha value is -2.17. The molecule has 20 heavy (non-hydrogen) atoms. The molecule has 1 fully saturated rings. The molecule has 0 aromatic carbocycles. The lowest BCUT2D eigenvalue weighted by atomic mass is 9.96. The lowest BCUT2D eigenvalue weighted by Gasteiger charge is -2.21. The van der Waals surface area contributed by atoms with Crippen LogP contribution in [0.15, 0.2) is 30.9 Å². The minimum absolute atomic E-state index is 0.571. The number of nitrogens with one attached hydrogen (secondary N) is 1. The highest BCUT2D eigenvalue weighted by Crippen LogP contribution is 2.29. The SMILES string of the molecule is c1nc2cn[nH]c2cc1-c1cnn(C2CCCCC2)c1. The molecule has 3 aromatic rings. The topological polar surface area (TPSA) is 59.4 Å². The van der Waals surface area contributed by atoms with Gasteiger partial charge < -0.3 is 0 Å². The Morgan fingerprint density at radius 3 is 2.85 bits per heavy atom. The van der Waals surface area contributed by atoms with Crippen LogP contribution in [0.2, 0.25) is 0 Å². The molecule has 0 radical (unpaired) electrons. The first-order valence-corrected chi connectivity index (χ1v) is 7.24. The third-order valence-corrected chi connectivity index (χ3v) is 4.17. The number of rotatable bonds is 2. The van der Waals surface area contributed by atoms with Crippen LogP contribution in [-0.2, 0) is 0 Å². The Labute approximate surface area is 117 Å². The zero-order valence-corrected chi connectivity index (χ0v) is 11.3. The van der Waals surface area contributed by atoms with Crippen molar-refractivity contribution in [3.63, 3.8) is 0 Å². The maximum Gasteiger partial charge on any atom is 0.108 e. The minimum Gasteiger partial charge on any atom is -0.276 e. The maximum atomic E-state index is 4.55. The number of aromatic amines is 1. The van der Waals surface area contributed by atoms with Crippen molar-refractivity contribution < 1.29 is 0 Å². The van der Waals surface area contributed by atoms with Crippen LogP contribution in [0, 0.1) is 0 Å². The highest BCUT2D eigenvalue weighted by molar-refractivity contribution is 5.79. The van der Waals surface area contributed by atoms with Gasteiger partial charge in [0.05, 0.1) is 24.0 Å². The molecular formula is C15H17N5. The fourth-order valence-corrected chi connectivity index (χ4v) is 3.02. The van der Waals surface area contributed by atoms with E-state index >= 15 is 0 Å². The summed E-state index contributed by atoms with van der Waals surface area (Å²) in [5.74, 6) is 0. The first-order chi connectivity index (χ1) is 9.90. The lowest BCUT2D eigenvalue weighted by molar-refractivity contribution is 0.329. The third kappa shape index (κ3) is 1.99. The first kappa shape index (κ1) is 11.6. The van der Waals surface area contributed by atoms with Gasteiger partial charge in [-0.3, -0.25) is 14.8 Å². The van der Waals surface area contributed by atoms with Gasteiger partial charge in [-0.05, 0) is 18.9 Å². The molecule has 0 atom stereocenters. The molecular weight excluding hydrogens is 250 g/mol. The molecule has 1 N–H and O–H groups in total. The van der Waals surface area contributed by atoms with Gasteiger partial charge in [0.25, 0.3) is 0 Å². The van der Waals surface area contributed by atoms with Gasteiger partial charge >= 0.3 is 0 Å². The largest absolute Gasteiger partial charge is 0.276 e. The Kier molecular flexibility index (Phi) is 2.76. The standard InChI is InChI=1S/C15H17N5/c1-2-4-13(5-3-1)20-10-12(8-18-20)11-6-14-15(16-7-11)9-17-19-14/h6-10,13H,1-5H2,(H,17,19). The van der Waals surface area contributed by atoms with Crippen molar-refractivity contribution in [3.05, 3.63) is 30.9 Å². The van der Waals surface area contributed by atoms with Crippen molar-refractivity contribution in [2.45, 2.75) is 38.1 Å². The number of hydrogen-bond acceptors (Lipinski definition) is 3. The zero-order chi connectivity index (χ0) is 13.4. The van der Waals surface area contributed by atoms with Crippen LogP contribution in [-0.4, -0.2) is 25.0 Å². The van der Waals surface area contributed by atoms with Crippen LogP contribution in [0.1, 0.15) is 38.1 Å². The number of H-pyrrole nitrogens is 1. The van der Waals surface area contributed by atoms with E-state index in [4.69, 9.17) is 0 Å². The van der Waals surface area contributed by atoms with Crippen LogP contribution in [0.4, 0.5) is 0 Å². The summed E-state index contributed by atoms with van der Waals surface area (Å²) in [5.41, 5.74) is 4.07. The summed E-state index contributed by atoms with van der Waals surface area (Å²) < 4.78 is 2.13. The molecule has 0 aliphatic heterocycles. The van der Waals surface area contributed by atoms with Gasteiger partial charge in [0.15, 0.2) is 0 Å². The monoisotopic (exact) mass is 267 g/mol. The van der Waals surface area contributed by atoms with Gasteiger partial charge in [-0.2, -0.15) is 10.2 Å². The summed E-state index contributed by atoms with van der Waals surface area (Å²) in [4.78, 5) is 4.41. The molecule has 1 saturated carbocycles. The molecule has 0 unspecified atom stereocenters. The van der Waals surface area contributed by atoms with Crippen LogP contribution in [0.5, 0.6) is 0 Å². The number of nitrogens with zero attached hydrogens (tertiary/aromatic N) is 4. The molecule has 1 aliphatic rings. The van der Waals surface area contributed by atoms with Crippen LogP contribution >= 0.6 is 0 Å². The van der Waals surface area contributed by atoms with E-state index in [0.717, 1.165) is 22.2 Å². The van der Waals surface area contributed by atoms with Crippen molar-refractivity contribution in [1.82, 2.24) is 25.0 Å². The Bertz CT molecular complexity index is 721. The fraction of sp³-hybridized carbons (Fsp3) is 0.400. The number of aromatic nitrogens is 5. The van der Waals surface area contributed by atoms with Crippen LogP contribution < -0.4 is 0 Å². The normalized spacial score (nSPS) is 16.8. The highest BCUT2D eigenvalue weighted by atomic mass is 15.3. The molecule has 0 saturated heterocycles. The van der Waals surface area contributed by atoms with E-state index in [-0.39, 0.29) is 0 Å². The molecule has 102 valence electrons. The van der Waals surface area contributed by atoms with Gasteiger partial charge in [0, 0.05) is 23.5 Å². The van der Waals surface area contributed by atoms with Gasteiger partial charge in [0.2, 0.25) is 0 Å². The summed E-state index contributed by atoms with van der Waals surface area (Å²) in [6.07, 6.45) is 14.2. The number of fused-ring (bicyclic) bond motifs is 1. The molecule has 0 bridgehead atoms. The van der Waals surface area contributed by atoms with E-state index in [0.29, 0.717) is 6.04 Å². The predicted octanol–water partition coefficient (Wildman–Crippen LogP) is 3.33. The number of pyridine rings is 1. The molecule has 5 heteroatoms. The average Bonchev–Trinajstić information content (AvgIpc) is 3.16. The van der Waals surface area contributed by atoms with E-state index in [1.807, 2.05) is 12.4 Å². The summed E-state index contributed by atoms with van der Waals surface area (Å²) in [7, 11) is 0. The molecule has 1 aliphatic carbocycles. The summed E-state index contributed by atoms with van der Waals surface area (Å²) in [6, 6.07) is 2.65. The van der Waals surface area contributed by atoms with Gasteiger partial charge in [0.1, 0.15) is 5.52 Å².